The molecule has 0 saturated heterocycles. The van der Waals surface area contributed by atoms with Crippen molar-refractivity contribution in [1.29, 1.82) is 0 Å². The number of amides is 2. The number of hydrogen-bond acceptors (Lipinski definition) is 4. The summed E-state index contributed by atoms with van der Waals surface area (Å²) in [5.41, 5.74) is 3.50. The number of aromatic nitrogens is 2. The summed E-state index contributed by atoms with van der Waals surface area (Å²) < 4.78 is 10.6. The van der Waals surface area contributed by atoms with Crippen LogP contribution >= 0.6 is 11.6 Å². The van der Waals surface area contributed by atoms with Gasteiger partial charge in [0.15, 0.2) is 5.82 Å². The van der Waals surface area contributed by atoms with E-state index in [9.17, 15) is 4.79 Å². The third kappa shape index (κ3) is 3.98. The molecule has 0 saturated carbocycles. The van der Waals surface area contributed by atoms with Gasteiger partial charge >= 0.3 is 6.03 Å². The maximum atomic E-state index is 13.2. The topological polar surface area (TPSA) is 79.5 Å². The second-order valence-corrected chi connectivity index (χ2v) is 7.61. The third-order valence-electron chi connectivity index (χ3n) is 5.11. The van der Waals surface area contributed by atoms with Gasteiger partial charge in [0.2, 0.25) is 12.7 Å². The number of hydrogen-bond donors (Lipinski definition) is 2. The van der Waals surface area contributed by atoms with E-state index in [-0.39, 0.29) is 6.79 Å². The minimum Gasteiger partial charge on any atom is -0.459 e. The lowest BCUT2D eigenvalue weighted by molar-refractivity contribution is 0.0554. The van der Waals surface area contributed by atoms with Crippen LogP contribution in [0.2, 0.25) is 5.02 Å². The van der Waals surface area contributed by atoms with E-state index >= 15 is 0 Å². The number of benzene rings is 3. The minimum absolute atomic E-state index is 0.0676. The zero-order valence-corrected chi connectivity index (χ0v) is 17.7. The third-order valence-corrected chi connectivity index (χ3v) is 5.43. The summed E-state index contributed by atoms with van der Waals surface area (Å²) in [6.45, 7) is 0.378. The van der Waals surface area contributed by atoms with Gasteiger partial charge in [-0.05, 0) is 23.3 Å². The van der Waals surface area contributed by atoms with Crippen molar-refractivity contribution in [3.05, 3.63) is 95.5 Å². The van der Waals surface area contributed by atoms with Crippen molar-refractivity contribution in [2.45, 2.75) is 6.54 Å². The molecule has 1 aromatic heterocycles. The molecule has 2 amide bonds. The Morgan fingerprint density at radius 3 is 2.56 bits per heavy atom. The molecule has 160 valence electrons. The molecule has 0 unspecified atom stereocenters. The number of halogens is 1. The van der Waals surface area contributed by atoms with Crippen LogP contribution in [0.1, 0.15) is 5.56 Å². The molecule has 5 rings (SSSR count). The number of anilines is 1. The molecule has 0 spiro atoms. The molecule has 2 N–H and O–H groups in total. The molecule has 1 aliphatic heterocycles. The summed E-state index contributed by atoms with van der Waals surface area (Å²) in [4.78, 5) is 14.7. The van der Waals surface area contributed by atoms with E-state index in [1.165, 1.54) is 11.2 Å². The van der Waals surface area contributed by atoms with E-state index in [0.29, 0.717) is 23.3 Å². The predicted molar refractivity (Wildman–Crippen MR) is 123 cm³/mol. The molecule has 0 atom stereocenters. The number of nitrogens with zero attached hydrogens (tertiary/aromatic N) is 2. The van der Waals surface area contributed by atoms with Crippen molar-refractivity contribution in [3.8, 4) is 11.1 Å². The van der Waals surface area contributed by atoms with Gasteiger partial charge in [0, 0.05) is 10.9 Å². The SMILES string of the molecule is O=C(Nc1n[nH]c2cc(Cl)c(-c3ccccc3)cc12)N(Cc1ccccc1)C1=COCO1. The van der Waals surface area contributed by atoms with Crippen LogP contribution < -0.4 is 5.32 Å². The van der Waals surface area contributed by atoms with Gasteiger partial charge in [-0.15, -0.1) is 0 Å². The van der Waals surface area contributed by atoms with Gasteiger partial charge in [-0.2, -0.15) is 5.10 Å². The summed E-state index contributed by atoms with van der Waals surface area (Å²) in [5.74, 6) is 0.732. The van der Waals surface area contributed by atoms with E-state index < -0.39 is 6.03 Å². The average Bonchev–Trinajstić information content (AvgIpc) is 3.48. The fraction of sp³-hybridized carbons (Fsp3) is 0.0833. The van der Waals surface area contributed by atoms with E-state index in [0.717, 1.165) is 27.6 Å². The first-order valence-electron chi connectivity index (χ1n) is 9.99. The Hall–Kier alpha value is -3.97. The molecular formula is C24H19ClN4O3. The summed E-state index contributed by atoms with van der Waals surface area (Å²) >= 11 is 6.50. The lowest BCUT2D eigenvalue weighted by atomic mass is 10.0. The number of nitrogens with one attached hydrogen (secondary N) is 2. The second-order valence-electron chi connectivity index (χ2n) is 7.20. The molecule has 0 aliphatic carbocycles. The molecule has 7 nitrogen and oxygen atoms in total. The summed E-state index contributed by atoms with van der Waals surface area (Å²) in [6, 6.07) is 22.8. The van der Waals surface area contributed by atoms with Crippen LogP contribution in [0.25, 0.3) is 22.0 Å². The Morgan fingerprint density at radius 1 is 1.09 bits per heavy atom. The van der Waals surface area contributed by atoms with Gasteiger partial charge in [-0.1, -0.05) is 72.3 Å². The van der Waals surface area contributed by atoms with Crippen LogP contribution in [0.4, 0.5) is 10.6 Å². The number of aromatic amines is 1. The first-order valence-corrected chi connectivity index (χ1v) is 10.4. The Bertz CT molecular complexity index is 1290. The van der Waals surface area contributed by atoms with E-state index in [2.05, 4.69) is 15.5 Å². The van der Waals surface area contributed by atoms with Gasteiger partial charge < -0.3 is 9.47 Å². The monoisotopic (exact) mass is 446 g/mol. The fourth-order valence-corrected chi connectivity index (χ4v) is 3.80. The highest BCUT2D eigenvalue weighted by atomic mass is 35.5. The van der Waals surface area contributed by atoms with Crippen LogP contribution in [-0.4, -0.2) is 27.9 Å². The normalized spacial score (nSPS) is 12.7. The Morgan fingerprint density at radius 2 is 1.84 bits per heavy atom. The maximum Gasteiger partial charge on any atom is 0.330 e. The van der Waals surface area contributed by atoms with E-state index in [4.69, 9.17) is 21.1 Å². The highest BCUT2D eigenvalue weighted by molar-refractivity contribution is 6.34. The van der Waals surface area contributed by atoms with Gasteiger partial charge in [-0.25, -0.2) is 4.79 Å². The van der Waals surface area contributed by atoms with Crippen LogP contribution in [0, 0.1) is 0 Å². The molecule has 3 aromatic carbocycles. The summed E-state index contributed by atoms with van der Waals surface area (Å²) in [7, 11) is 0. The Kier molecular flexibility index (Phi) is 5.39. The summed E-state index contributed by atoms with van der Waals surface area (Å²) in [6.07, 6.45) is 1.43. The standard InChI is InChI=1S/C24H19ClN4O3/c25-20-12-21-19(11-18(20)17-9-5-2-6-10-17)23(28-27-21)26-24(30)29(22-14-31-15-32-22)13-16-7-3-1-4-8-16/h1-12,14H,13,15H2,(H2,26,27,28,30). The largest absolute Gasteiger partial charge is 0.459 e. The molecule has 0 radical (unpaired) electrons. The molecule has 4 aromatic rings. The number of carbonyl (C=O) groups is 1. The zero-order valence-electron chi connectivity index (χ0n) is 16.9. The molecule has 0 bridgehead atoms. The van der Waals surface area contributed by atoms with Crippen molar-refractivity contribution in [3.63, 3.8) is 0 Å². The minimum atomic E-state index is -0.393. The van der Waals surface area contributed by atoms with E-state index in [1.807, 2.05) is 66.7 Å². The molecular weight excluding hydrogens is 428 g/mol. The van der Waals surface area contributed by atoms with Crippen LogP contribution in [0.15, 0.2) is 84.9 Å². The number of H-pyrrole nitrogens is 1. The highest BCUT2D eigenvalue weighted by Gasteiger charge is 2.25. The van der Waals surface area contributed by atoms with Crippen molar-refractivity contribution >= 4 is 34.4 Å². The first kappa shape index (κ1) is 20.0. The lowest BCUT2D eigenvalue weighted by Crippen LogP contribution is -2.34. The number of rotatable bonds is 5. The Labute approximate surface area is 189 Å². The van der Waals surface area contributed by atoms with Gasteiger partial charge in [0.05, 0.1) is 17.1 Å². The quantitative estimate of drug-likeness (QED) is 0.411. The molecule has 8 heteroatoms. The molecule has 0 fully saturated rings. The second kappa shape index (κ2) is 8.64. The first-order chi connectivity index (χ1) is 15.7. The zero-order chi connectivity index (χ0) is 21.9. The molecule has 2 heterocycles. The summed E-state index contributed by atoms with van der Waals surface area (Å²) in [5, 5.41) is 11.5. The van der Waals surface area contributed by atoms with Crippen molar-refractivity contribution in [1.82, 2.24) is 15.1 Å². The van der Waals surface area contributed by atoms with E-state index in [1.54, 1.807) is 6.07 Å². The number of ether oxygens (including phenoxy) is 2. The van der Waals surface area contributed by atoms with Crippen LogP contribution in [-0.2, 0) is 16.0 Å². The number of fused-ring (bicyclic) bond motifs is 1. The van der Waals surface area contributed by atoms with Gasteiger partial charge in [-0.3, -0.25) is 15.3 Å². The fourth-order valence-electron chi connectivity index (χ4n) is 3.53. The molecule has 32 heavy (non-hydrogen) atoms. The number of urea groups is 1. The predicted octanol–water partition coefficient (Wildman–Crippen LogP) is 5.72. The highest BCUT2D eigenvalue weighted by Crippen LogP contribution is 2.34. The van der Waals surface area contributed by atoms with Gasteiger partial charge in [0.25, 0.3) is 0 Å². The van der Waals surface area contributed by atoms with Crippen LogP contribution in [0.5, 0.6) is 0 Å². The maximum absolute atomic E-state index is 13.2. The van der Waals surface area contributed by atoms with Crippen molar-refractivity contribution in [2.75, 3.05) is 12.1 Å². The van der Waals surface area contributed by atoms with Gasteiger partial charge in [0.1, 0.15) is 6.26 Å². The lowest BCUT2D eigenvalue weighted by Gasteiger charge is -2.22. The van der Waals surface area contributed by atoms with Crippen molar-refractivity contribution in [2.24, 2.45) is 0 Å². The smallest absolute Gasteiger partial charge is 0.330 e. The molecule has 1 aliphatic rings. The van der Waals surface area contributed by atoms with Crippen molar-refractivity contribution < 1.29 is 14.3 Å². The van der Waals surface area contributed by atoms with Crippen LogP contribution in [0.3, 0.4) is 0 Å². The Balaban J connectivity index is 1.46. The average molecular weight is 447 g/mol. The number of carbonyl (C=O) groups excluding carboxylic acids is 1.